The highest BCUT2D eigenvalue weighted by atomic mass is 127. The molecule has 0 radical (unpaired) electrons. The highest BCUT2D eigenvalue weighted by molar-refractivity contribution is 14.1. The maximum Gasteiger partial charge on any atom is 0.416 e. The summed E-state index contributed by atoms with van der Waals surface area (Å²) in [6.45, 7) is 1.06. The number of ether oxygens (including phenoxy) is 1. The van der Waals surface area contributed by atoms with E-state index in [0.29, 0.717) is 5.56 Å². The van der Waals surface area contributed by atoms with Crippen molar-refractivity contribution in [1.82, 2.24) is 0 Å². The molecule has 0 aliphatic carbocycles. The van der Waals surface area contributed by atoms with Crippen LogP contribution in [0.15, 0.2) is 24.3 Å². The van der Waals surface area contributed by atoms with Crippen LogP contribution in [0.2, 0.25) is 0 Å². The van der Waals surface area contributed by atoms with Crippen molar-refractivity contribution in [2.45, 2.75) is 29.8 Å². The summed E-state index contributed by atoms with van der Waals surface area (Å²) in [4.78, 5) is 11.3. The van der Waals surface area contributed by atoms with Gasteiger partial charge in [-0.3, -0.25) is 4.79 Å². The smallest absolute Gasteiger partial charge is 0.416 e. The first-order chi connectivity index (χ1) is 8.71. The van der Waals surface area contributed by atoms with E-state index in [-0.39, 0.29) is 6.61 Å². The van der Waals surface area contributed by atoms with Gasteiger partial charge in [0.2, 0.25) is 0 Å². The fraction of sp³-hybridized carbons (Fsp3) is 0.417. The number of hydrogen-bond donors (Lipinski definition) is 0. The summed E-state index contributed by atoms with van der Waals surface area (Å²) in [5.41, 5.74) is -0.358. The Kier molecular flexibility index (Phi) is 5.57. The Balaban J connectivity index is 2.58. The van der Waals surface area contributed by atoms with Crippen molar-refractivity contribution in [3.05, 3.63) is 35.4 Å². The van der Waals surface area contributed by atoms with Crippen LogP contribution in [0.3, 0.4) is 0 Å². The quantitative estimate of drug-likeness (QED) is 0.337. The number of carbonyl (C=O) groups is 1. The molecule has 0 fully saturated rings. The topological polar surface area (TPSA) is 26.3 Å². The first-order valence-electron chi connectivity index (χ1n) is 5.32. The molecule has 0 N–H and O–H groups in total. The van der Waals surface area contributed by atoms with Gasteiger partial charge in [-0.25, -0.2) is 4.39 Å². The van der Waals surface area contributed by atoms with Crippen LogP contribution < -0.4 is 0 Å². The highest BCUT2D eigenvalue weighted by Crippen LogP contribution is 2.29. The number of hydrogen-bond acceptors (Lipinski definition) is 2. The Morgan fingerprint density at radius 3 is 2.26 bits per heavy atom. The highest BCUT2D eigenvalue weighted by Gasteiger charge is 2.30. The average Bonchev–Trinajstić information content (AvgIpc) is 2.34. The molecule has 1 rings (SSSR count). The van der Waals surface area contributed by atoms with E-state index >= 15 is 0 Å². The molecule has 0 saturated carbocycles. The number of rotatable bonds is 4. The van der Waals surface area contributed by atoms with E-state index in [9.17, 15) is 22.4 Å². The van der Waals surface area contributed by atoms with Gasteiger partial charge in [0.05, 0.1) is 5.56 Å². The molecule has 7 heteroatoms. The van der Waals surface area contributed by atoms with E-state index in [1.807, 2.05) is 0 Å². The summed E-state index contributed by atoms with van der Waals surface area (Å²) in [6, 6.07) is 4.25. The minimum Gasteiger partial charge on any atom is -0.460 e. The second-order valence-corrected chi connectivity index (χ2v) is 5.22. The van der Waals surface area contributed by atoms with Gasteiger partial charge in [0.1, 0.15) is 16.7 Å². The molecule has 19 heavy (non-hydrogen) atoms. The van der Waals surface area contributed by atoms with Crippen molar-refractivity contribution in [3.63, 3.8) is 0 Å². The van der Waals surface area contributed by atoms with Crippen LogP contribution in [0.1, 0.15) is 18.1 Å². The Labute approximate surface area is 121 Å². The third kappa shape index (κ3) is 4.96. The molecule has 0 spiro atoms. The lowest BCUT2D eigenvalue weighted by atomic mass is 10.1. The lowest BCUT2D eigenvalue weighted by Gasteiger charge is -2.11. The molecule has 0 heterocycles. The third-order valence-corrected chi connectivity index (χ3v) is 3.79. The Hall–Kier alpha value is -0.860. The summed E-state index contributed by atoms with van der Waals surface area (Å²) >= 11 is 1.62. The largest absolute Gasteiger partial charge is 0.460 e. The van der Waals surface area contributed by atoms with Crippen LogP contribution >= 0.6 is 22.6 Å². The summed E-state index contributed by atoms with van der Waals surface area (Å²) in [7, 11) is 0. The van der Waals surface area contributed by atoms with Gasteiger partial charge in [-0.2, -0.15) is 13.2 Å². The zero-order valence-electron chi connectivity index (χ0n) is 9.88. The van der Waals surface area contributed by atoms with Crippen molar-refractivity contribution < 1.29 is 27.1 Å². The van der Waals surface area contributed by atoms with Crippen LogP contribution in [-0.2, 0) is 22.3 Å². The summed E-state index contributed by atoms with van der Waals surface area (Å²) in [6.07, 6.45) is -5.74. The predicted octanol–water partition coefficient (Wildman–Crippen LogP) is 3.91. The van der Waals surface area contributed by atoms with Gasteiger partial charge in [-0.1, -0.05) is 34.7 Å². The van der Waals surface area contributed by atoms with Gasteiger partial charge in [0.25, 0.3) is 0 Å². The van der Waals surface area contributed by atoms with Crippen molar-refractivity contribution in [2.75, 3.05) is 0 Å². The van der Waals surface area contributed by atoms with E-state index < -0.39 is 27.8 Å². The molecule has 2 nitrogen and oxygen atoms in total. The maximum atomic E-state index is 12.8. The number of halogens is 5. The Morgan fingerprint density at radius 2 is 1.84 bits per heavy atom. The minimum atomic E-state index is -4.40. The second kappa shape index (κ2) is 6.53. The molecule has 1 aromatic rings. The first-order valence-corrected chi connectivity index (χ1v) is 6.57. The van der Waals surface area contributed by atoms with E-state index in [1.54, 1.807) is 22.6 Å². The van der Waals surface area contributed by atoms with Gasteiger partial charge in [0.15, 0.2) is 0 Å². The van der Waals surface area contributed by atoms with Crippen LogP contribution in [0, 0.1) is 0 Å². The fourth-order valence-electron chi connectivity index (χ4n) is 1.21. The molecule has 0 amide bonds. The van der Waals surface area contributed by atoms with E-state index in [4.69, 9.17) is 4.74 Å². The molecule has 2 unspecified atom stereocenters. The van der Waals surface area contributed by atoms with Crippen LogP contribution in [0.25, 0.3) is 0 Å². The van der Waals surface area contributed by atoms with E-state index in [0.717, 1.165) is 12.1 Å². The molecule has 0 saturated heterocycles. The molecule has 0 aromatic heterocycles. The van der Waals surface area contributed by atoms with Gasteiger partial charge in [-0.15, -0.1) is 0 Å². The predicted molar refractivity (Wildman–Crippen MR) is 69.6 cm³/mol. The SMILES string of the molecule is CC(F)C(I)C(=O)OCc1ccc(C(F)(F)F)cc1. The van der Waals surface area contributed by atoms with Crippen molar-refractivity contribution in [3.8, 4) is 0 Å². The summed E-state index contributed by atoms with van der Waals surface area (Å²) in [5, 5.41) is 0. The molecule has 0 aliphatic heterocycles. The van der Waals surface area contributed by atoms with Crippen LogP contribution in [-0.4, -0.2) is 16.1 Å². The normalized spacial score (nSPS) is 14.8. The van der Waals surface area contributed by atoms with E-state index in [1.165, 1.54) is 19.1 Å². The summed E-state index contributed by atoms with van der Waals surface area (Å²) < 4.78 is 53.6. The number of benzene rings is 1. The average molecular weight is 390 g/mol. The van der Waals surface area contributed by atoms with Gasteiger partial charge in [0, 0.05) is 0 Å². The van der Waals surface area contributed by atoms with E-state index in [2.05, 4.69) is 0 Å². The summed E-state index contributed by atoms with van der Waals surface area (Å²) in [5.74, 6) is -0.726. The standard InChI is InChI=1S/C12H11F4IO2/c1-7(13)10(17)11(18)19-6-8-2-4-9(5-3-8)12(14,15)16/h2-5,7,10H,6H2,1H3. The zero-order valence-corrected chi connectivity index (χ0v) is 12.0. The molecule has 106 valence electrons. The van der Waals surface area contributed by atoms with Gasteiger partial charge in [-0.05, 0) is 24.6 Å². The molecule has 2 atom stereocenters. The fourth-order valence-corrected chi connectivity index (χ4v) is 1.39. The molecule has 1 aromatic carbocycles. The Bertz CT molecular complexity index is 428. The lowest BCUT2D eigenvalue weighted by molar-refractivity contribution is -0.145. The van der Waals surface area contributed by atoms with Crippen LogP contribution in [0.4, 0.5) is 17.6 Å². The lowest BCUT2D eigenvalue weighted by Crippen LogP contribution is -2.25. The Morgan fingerprint density at radius 1 is 1.32 bits per heavy atom. The second-order valence-electron chi connectivity index (χ2n) is 3.88. The molecule has 0 bridgehead atoms. The van der Waals surface area contributed by atoms with Crippen molar-refractivity contribution in [1.29, 1.82) is 0 Å². The third-order valence-electron chi connectivity index (χ3n) is 2.29. The number of carbonyl (C=O) groups excluding carboxylic acids is 1. The minimum absolute atomic E-state index is 0.177. The number of alkyl halides is 5. The molecule has 0 aliphatic rings. The zero-order chi connectivity index (χ0) is 14.6. The van der Waals surface area contributed by atoms with Gasteiger partial charge >= 0.3 is 12.1 Å². The number of esters is 1. The first kappa shape index (κ1) is 16.2. The monoisotopic (exact) mass is 390 g/mol. The molecular weight excluding hydrogens is 379 g/mol. The van der Waals surface area contributed by atoms with Crippen LogP contribution in [0.5, 0.6) is 0 Å². The molecular formula is C12H11F4IO2. The van der Waals surface area contributed by atoms with Gasteiger partial charge < -0.3 is 4.74 Å². The van der Waals surface area contributed by atoms with Crippen molar-refractivity contribution >= 4 is 28.6 Å². The maximum absolute atomic E-state index is 12.8. The van der Waals surface area contributed by atoms with Crippen molar-refractivity contribution in [2.24, 2.45) is 0 Å².